The number of aromatic amines is 1. The van der Waals surface area contributed by atoms with Gasteiger partial charge in [-0.3, -0.25) is 4.79 Å². The van der Waals surface area contributed by atoms with Gasteiger partial charge in [-0.25, -0.2) is 9.59 Å². The molecule has 8 heteroatoms. The van der Waals surface area contributed by atoms with Gasteiger partial charge >= 0.3 is 12.1 Å². The minimum absolute atomic E-state index is 0.0870. The van der Waals surface area contributed by atoms with Crippen LogP contribution in [0.5, 0.6) is 0 Å². The Morgan fingerprint density at radius 2 is 1.61 bits per heavy atom. The number of benzene rings is 2. The van der Waals surface area contributed by atoms with Crippen LogP contribution in [0.15, 0.2) is 60.8 Å². The second kappa shape index (κ2) is 11.7. The van der Waals surface area contributed by atoms with E-state index < -0.39 is 35.7 Å². The second-order valence-electron chi connectivity index (χ2n) is 10.1. The Morgan fingerprint density at radius 1 is 0.944 bits per heavy atom. The van der Waals surface area contributed by atoms with Crippen LogP contribution in [-0.4, -0.2) is 40.6 Å². The van der Waals surface area contributed by atoms with Crippen LogP contribution < -0.4 is 10.6 Å². The number of amides is 2. The molecule has 0 fully saturated rings. The molecule has 3 aromatic rings. The number of fused-ring (bicyclic) bond motifs is 1. The Kier molecular flexibility index (Phi) is 8.74. The molecule has 2 atom stereocenters. The number of hydrogen-bond acceptors (Lipinski definition) is 5. The summed E-state index contributed by atoms with van der Waals surface area (Å²) in [5, 5.41) is 6.40. The maximum atomic E-state index is 13.3. The predicted octanol–water partition coefficient (Wildman–Crippen LogP) is 4.49. The van der Waals surface area contributed by atoms with Crippen molar-refractivity contribution in [3.8, 4) is 0 Å². The van der Waals surface area contributed by atoms with Gasteiger partial charge in [-0.1, -0.05) is 62.4 Å². The Balaban J connectivity index is 1.78. The van der Waals surface area contributed by atoms with Crippen LogP contribution in [0, 0.1) is 5.92 Å². The number of para-hydroxylation sites is 1. The molecule has 2 aromatic carbocycles. The molecule has 0 bridgehead atoms. The number of H-pyrrole nitrogens is 1. The molecule has 0 aliphatic rings. The summed E-state index contributed by atoms with van der Waals surface area (Å²) >= 11 is 0. The van der Waals surface area contributed by atoms with E-state index in [1.807, 2.05) is 74.6 Å². The molecule has 0 aliphatic carbocycles. The van der Waals surface area contributed by atoms with Crippen molar-refractivity contribution >= 4 is 28.9 Å². The summed E-state index contributed by atoms with van der Waals surface area (Å²) in [7, 11) is 0. The third kappa shape index (κ3) is 7.60. The minimum Gasteiger partial charge on any atom is -0.459 e. The molecule has 0 radical (unpaired) electrons. The number of nitrogens with one attached hydrogen (secondary N) is 3. The van der Waals surface area contributed by atoms with Crippen LogP contribution in [0.25, 0.3) is 10.9 Å². The molecule has 192 valence electrons. The van der Waals surface area contributed by atoms with Gasteiger partial charge in [-0.2, -0.15) is 0 Å². The number of rotatable bonds is 9. The molecule has 0 aliphatic heterocycles. The fourth-order valence-corrected chi connectivity index (χ4v) is 3.77. The van der Waals surface area contributed by atoms with E-state index in [4.69, 9.17) is 9.47 Å². The van der Waals surface area contributed by atoms with Gasteiger partial charge in [0.2, 0.25) is 5.91 Å². The molecule has 0 saturated carbocycles. The summed E-state index contributed by atoms with van der Waals surface area (Å²) in [5.41, 5.74) is 1.94. The Bertz CT molecular complexity index is 1180. The van der Waals surface area contributed by atoms with Crippen LogP contribution in [0.2, 0.25) is 0 Å². The molecule has 36 heavy (non-hydrogen) atoms. The summed E-state index contributed by atoms with van der Waals surface area (Å²) < 4.78 is 10.9. The third-order valence-electron chi connectivity index (χ3n) is 5.55. The topological polar surface area (TPSA) is 110 Å². The first-order valence-corrected chi connectivity index (χ1v) is 12.1. The molecule has 0 unspecified atom stereocenters. The quantitative estimate of drug-likeness (QED) is 0.381. The summed E-state index contributed by atoms with van der Waals surface area (Å²) in [6, 6.07) is 15.2. The number of alkyl carbamates (subject to hydrolysis) is 1. The number of hydrogen-bond donors (Lipinski definition) is 3. The van der Waals surface area contributed by atoms with Crippen LogP contribution >= 0.6 is 0 Å². The second-order valence-corrected chi connectivity index (χ2v) is 10.1. The van der Waals surface area contributed by atoms with Crippen molar-refractivity contribution < 1.29 is 23.9 Å². The first kappa shape index (κ1) is 26.8. The summed E-state index contributed by atoms with van der Waals surface area (Å²) in [6.07, 6.45) is 1.35. The molecule has 0 saturated heterocycles. The smallest absolute Gasteiger partial charge is 0.408 e. The average Bonchev–Trinajstić information content (AvgIpc) is 3.22. The SMILES string of the molecule is CC(C)[C@H](NC(=O)OC(C)(C)C)C(=O)N[C@@H](Cc1c[nH]c2ccccc12)C(=O)OCc1ccccc1. The highest BCUT2D eigenvalue weighted by Crippen LogP contribution is 2.20. The Hall–Kier alpha value is -3.81. The van der Waals surface area contributed by atoms with E-state index in [1.165, 1.54) is 0 Å². The van der Waals surface area contributed by atoms with Gasteiger partial charge in [-0.15, -0.1) is 0 Å². The van der Waals surface area contributed by atoms with Crippen LogP contribution in [-0.2, 0) is 32.1 Å². The Labute approximate surface area is 211 Å². The van der Waals surface area contributed by atoms with Crippen molar-refractivity contribution in [3.63, 3.8) is 0 Å². The van der Waals surface area contributed by atoms with Crippen LogP contribution in [0.3, 0.4) is 0 Å². The Morgan fingerprint density at radius 3 is 2.28 bits per heavy atom. The molecule has 3 rings (SSSR count). The van der Waals surface area contributed by atoms with E-state index in [0.29, 0.717) is 0 Å². The number of esters is 1. The molecule has 8 nitrogen and oxygen atoms in total. The highest BCUT2D eigenvalue weighted by atomic mass is 16.6. The normalized spacial score (nSPS) is 13.2. The third-order valence-corrected chi connectivity index (χ3v) is 5.55. The molecule has 3 N–H and O–H groups in total. The van der Waals surface area contributed by atoms with Gasteiger partial charge < -0.3 is 25.1 Å². The molecule has 0 spiro atoms. The van der Waals surface area contributed by atoms with Crippen LogP contribution in [0.1, 0.15) is 45.7 Å². The van der Waals surface area contributed by atoms with Crippen molar-refractivity contribution in [1.82, 2.24) is 15.6 Å². The van der Waals surface area contributed by atoms with E-state index in [1.54, 1.807) is 20.8 Å². The highest BCUT2D eigenvalue weighted by Gasteiger charge is 2.31. The maximum absolute atomic E-state index is 13.3. The minimum atomic E-state index is -0.956. The van der Waals surface area contributed by atoms with Gasteiger partial charge in [0.15, 0.2) is 0 Å². The largest absolute Gasteiger partial charge is 0.459 e. The fourth-order valence-electron chi connectivity index (χ4n) is 3.77. The van der Waals surface area contributed by atoms with Gasteiger partial charge in [0, 0.05) is 23.5 Å². The van der Waals surface area contributed by atoms with E-state index in [2.05, 4.69) is 15.6 Å². The summed E-state index contributed by atoms with van der Waals surface area (Å²) in [5.74, 6) is -1.29. The van der Waals surface area contributed by atoms with Crippen molar-refractivity contribution in [3.05, 3.63) is 71.9 Å². The number of carbonyl (C=O) groups is 3. The van der Waals surface area contributed by atoms with Gasteiger partial charge in [0.1, 0.15) is 24.3 Å². The molecule has 1 heterocycles. The van der Waals surface area contributed by atoms with Crippen LogP contribution in [0.4, 0.5) is 4.79 Å². The first-order chi connectivity index (χ1) is 17.0. The molecular weight excluding hydrogens is 458 g/mol. The zero-order chi connectivity index (χ0) is 26.3. The van der Waals surface area contributed by atoms with Gasteiger partial charge in [0.05, 0.1) is 0 Å². The van der Waals surface area contributed by atoms with Crippen molar-refractivity contribution in [1.29, 1.82) is 0 Å². The zero-order valence-electron chi connectivity index (χ0n) is 21.5. The number of ether oxygens (including phenoxy) is 2. The standard InChI is InChI=1S/C28H35N3O5/c1-18(2)24(31-27(34)36-28(3,4)5)25(32)30-23(26(33)35-17-19-11-7-6-8-12-19)15-20-16-29-22-14-10-9-13-21(20)22/h6-14,16,18,23-24,29H,15,17H2,1-5H3,(H,30,32)(H,31,34)/t23-,24-/m0/s1. The molecular formula is C28H35N3O5. The van der Waals surface area contributed by atoms with E-state index >= 15 is 0 Å². The lowest BCUT2D eigenvalue weighted by molar-refractivity contribution is -0.149. The molecule has 1 aromatic heterocycles. The van der Waals surface area contributed by atoms with E-state index in [-0.39, 0.29) is 18.9 Å². The maximum Gasteiger partial charge on any atom is 0.408 e. The summed E-state index contributed by atoms with van der Waals surface area (Å²) in [6.45, 7) is 8.95. The van der Waals surface area contributed by atoms with Gasteiger partial charge in [-0.05, 0) is 43.9 Å². The monoisotopic (exact) mass is 493 g/mol. The van der Waals surface area contributed by atoms with E-state index in [9.17, 15) is 14.4 Å². The van der Waals surface area contributed by atoms with Crippen molar-refractivity contribution in [2.75, 3.05) is 0 Å². The van der Waals surface area contributed by atoms with E-state index in [0.717, 1.165) is 22.0 Å². The van der Waals surface area contributed by atoms with Crippen molar-refractivity contribution in [2.45, 2.75) is 65.3 Å². The first-order valence-electron chi connectivity index (χ1n) is 12.1. The lowest BCUT2D eigenvalue weighted by atomic mass is 10.0. The summed E-state index contributed by atoms with van der Waals surface area (Å²) in [4.78, 5) is 42.0. The highest BCUT2D eigenvalue weighted by molar-refractivity contribution is 5.91. The predicted molar refractivity (Wildman–Crippen MR) is 138 cm³/mol. The molecule has 2 amide bonds. The lowest BCUT2D eigenvalue weighted by Gasteiger charge is -2.26. The van der Waals surface area contributed by atoms with Crippen molar-refractivity contribution in [2.24, 2.45) is 5.92 Å². The lowest BCUT2D eigenvalue weighted by Crippen LogP contribution is -2.55. The number of carbonyl (C=O) groups excluding carboxylic acids is 3. The number of aromatic nitrogens is 1. The fraction of sp³-hybridized carbons (Fsp3) is 0.393. The zero-order valence-corrected chi connectivity index (χ0v) is 21.5. The average molecular weight is 494 g/mol. The van der Waals surface area contributed by atoms with Gasteiger partial charge in [0.25, 0.3) is 0 Å².